The number of amides is 1. The van der Waals surface area contributed by atoms with Crippen LogP contribution in [-0.2, 0) is 17.6 Å². The highest BCUT2D eigenvalue weighted by atomic mass is 32.2. The van der Waals surface area contributed by atoms with Crippen molar-refractivity contribution in [3.63, 3.8) is 0 Å². The number of aromatic nitrogens is 2. The third-order valence-electron chi connectivity index (χ3n) is 5.16. The van der Waals surface area contributed by atoms with E-state index < -0.39 is 0 Å². The van der Waals surface area contributed by atoms with Crippen LogP contribution in [-0.4, -0.2) is 21.6 Å². The van der Waals surface area contributed by atoms with Crippen molar-refractivity contribution in [3.8, 4) is 0 Å². The molecular formula is C21H23N3O2S2. The maximum absolute atomic E-state index is 12.6. The van der Waals surface area contributed by atoms with Crippen molar-refractivity contribution in [2.75, 3.05) is 5.75 Å². The first-order valence-electron chi connectivity index (χ1n) is 9.53. The van der Waals surface area contributed by atoms with Gasteiger partial charge >= 0.3 is 0 Å². The number of benzene rings is 1. The van der Waals surface area contributed by atoms with Crippen molar-refractivity contribution in [2.24, 2.45) is 5.92 Å². The molecule has 146 valence electrons. The third kappa shape index (κ3) is 4.00. The van der Waals surface area contributed by atoms with Gasteiger partial charge in [-0.1, -0.05) is 49.0 Å². The molecule has 0 saturated carbocycles. The number of fused-ring (bicyclic) bond motifs is 3. The molecule has 0 fully saturated rings. The van der Waals surface area contributed by atoms with E-state index in [0.29, 0.717) is 11.1 Å². The van der Waals surface area contributed by atoms with Crippen LogP contribution in [0.15, 0.2) is 40.3 Å². The highest BCUT2D eigenvalue weighted by molar-refractivity contribution is 7.99. The number of aromatic amines is 1. The summed E-state index contributed by atoms with van der Waals surface area (Å²) in [6.45, 7) is 4.21. The standard InChI is InChI=1S/C21H23N3O2S2/c1-12-8-9-15-16(10-12)28-20-18(15)19(26)23-21(24-20)27-11-17(25)22-13(2)14-6-4-3-5-7-14/h3-7,12-13H,8-11H2,1-2H3,(H,22,25)(H,23,24,26)/t12-,13+/m1/s1. The number of hydrogen-bond acceptors (Lipinski definition) is 5. The minimum absolute atomic E-state index is 0.0604. The highest BCUT2D eigenvalue weighted by Gasteiger charge is 2.23. The summed E-state index contributed by atoms with van der Waals surface area (Å²) in [4.78, 5) is 34.5. The summed E-state index contributed by atoms with van der Waals surface area (Å²) in [5.41, 5.74) is 2.16. The number of carbonyl (C=O) groups is 1. The van der Waals surface area contributed by atoms with Gasteiger partial charge in [-0.3, -0.25) is 9.59 Å². The third-order valence-corrected chi connectivity index (χ3v) is 7.18. The maximum Gasteiger partial charge on any atom is 0.260 e. The molecule has 1 aliphatic rings. The molecule has 1 aliphatic carbocycles. The molecule has 28 heavy (non-hydrogen) atoms. The largest absolute Gasteiger partial charge is 0.349 e. The van der Waals surface area contributed by atoms with Crippen molar-refractivity contribution in [1.82, 2.24) is 15.3 Å². The number of hydrogen-bond donors (Lipinski definition) is 2. The van der Waals surface area contributed by atoms with Gasteiger partial charge in [0.25, 0.3) is 5.56 Å². The Labute approximate surface area is 172 Å². The molecule has 5 nitrogen and oxygen atoms in total. The number of thioether (sulfide) groups is 1. The number of nitrogens with one attached hydrogen (secondary N) is 2. The van der Waals surface area contributed by atoms with Crippen LogP contribution in [0.4, 0.5) is 0 Å². The van der Waals surface area contributed by atoms with Crippen molar-refractivity contribution in [1.29, 1.82) is 0 Å². The van der Waals surface area contributed by atoms with E-state index in [1.807, 2.05) is 37.3 Å². The average Bonchev–Trinajstić information content (AvgIpc) is 3.04. The van der Waals surface area contributed by atoms with Gasteiger partial charge in [-0.25, -0.2) is 4.98 Å². The lowest BCUT2D eigenvalue weighted by Crippen LogP contribution is -2.28. The van der Waals surface area contributed by atoms with E-state index in [1.54, 1.807) is 11.3 Å². The van der Waals surface area contributed by atoms with Crippen LogP contribution in [0.1, 0.15) is 42.3 Å². The van der Waals surface area contributed by atoms with E-state index in [4.69, 9.17) is 0 Å². The first-order valence-corrected chi connectivity index (χ1v) is 11.3. The molecule has 0 spiro atoms. The molecule has 2 heterocycles. The van der Waals surface area contributed by atoms with Crippen LogP contribution in [0.25, 0.3) is 10.2 Å². The highest BCUT2D eigenvalue weighted by Crippen LogP contribution is 2.36. The molecule has 4 rings (SSSR count). The normalized spacial score (nSPS) is 17.3. The van der Waals surface area contributed by atoms with Gasteiger partial charge in [0.15, 0.2) is 5.16 Å². The number of rotatable bonds is 5. The number of H-pyrrole nitrogens is 1. The first kappa shape index (κ1) is 19.2. The molecule has 1 amide bonds. The molecule has 7 heteroatoms. The summed E-state index contributed by atoms with van der Waals surface area (Å²) in [7, 11) is 0. The van der Waals surface area contributed by atoms with Gasteiger partial charge in [-0.05, 0) is 43.2 Å². The zero-order valence-electron chi connectivity index (χ0n) is 16.0. The molecule has 2 aromatic heterocycles. The van der Waals surface area contributed by atoms with Gasteiger partial charge in [-0.15, -0.1) is 11.3 Å². The Morgan fingerprint density at radius 1 is 1.39 bits per heavy atom. The molecule has 0 aliphatic heterocycles. The predicted molar refractivity (Wildman–Crippen MR) is 115 cm³/mol. The van der Waals surface area contributed by atoms with Gasteiger partial charge in [0.1, 0.15) is 4.83 Å². The number of thiophene rings is 1. The predicted octanol–water partition coefficient (Wildman–Crippen LogP) is 4.08. The Kier molecular flexibility index (Phi) is 5.55. The second kappa shape index (κ2) is 8.09. The minimum atomic E-state index is -0.0855. The molecule has 3 aromatic rings. The number of nitrogens with zero attached hydrogens (tertiary/aromatic N) is 1. The van der Waals surface area contributed by atoms with Crippen LogP contribution in [0.5, 0.6) is 0 Å². The smallest absolute Gasteiger partial charge is 0.260 e. The maximum atomic E-state index is 12.6. The monoisotopic (exact) mass is 413 g/mol. The zero-order chi connectivity index (χ0) is 19.7. The first-order chi connectivity index (χ1) is 13.5. The zero-order valence-corrected chi connectivity index (χ0v) is 17.6. The average molecular weight is 414 g/mol. The fourth-order valence-electron chi connectivity index (χ4n) is 3.64. The van der Waals surface area contributed by atoms with Gasteiger partial charge < -0.3 is 10.3 Å². The Hall–Kier alpha value is -2.12. The van der Waals surface area contributed by atoms with E-state index in [1.165, 1.54) is 22.2 Å². The fraction of sp³-hybridized carbons (Fsp3) is 0.381. The van der Waals surface area contributed by atoms with Gasteiger partial charge in [-0.2, -0.15) is 0 Å². The summed E-state index contributed by atoms with van der Waals surface area (Å²) in [5.74, 6) is 0.792. The second-order valence-corrected chi connectivity index (χ2v) is 9.44. The summed E-state index contributed by atoms with van der Waals surface area (Å²) in [5, 5.41) is 4.24. The summed E-state index contributed by atoms with van der Waals surface area (Å²) in [6.07, 6.45) is 3.10. The van der Waals surface area contributed by atoms with Crippen molar-refractivity contribution in [2.45, 2.75) is 44.3 Å². The molecule has 1 aromatic carbocycles. The molecular weight excluding hydrogens is 390 g/mol. The Balaban J connectivity index is 1.45. The van der Waals surface area contributed by atoms with Crippen LogP contribution in [0.2, 0.25) is 0 Å². The van der Waals surface area contributed by atoms with Gasteiger partial charge in [0.2, 0.25) is 5.91 Å². The minimum Gasteiger partial charge on any atom is -0.349 e. The van der Waals surface area contributed by atoms with Gasteiger partial charge in [0.05, 0.1) is 17.2 Å². The summed E-state index contributed by atoms with van der Waals surface area (Å²) >= 11 is 2.90. The summed E-state index contributed by atoms with van der Waals surface area (Å²) in [6, 6.07) is 9.79. The molecule has 0 saturated heterocycles. The van der Waals surface area contributed by atoms with E-state index >= 15 is 0 Å². The SMILES string of the molecule is C[C@@H]1CCc2c(sc3nc(SCC(=O)N[C@@H](C)c4ccccc4)[nH]c(=O)c23)C1. The Morgan fingerprint density at radius 3 is 2.96 bits per heavy atom. The second-order valence-electron chi connectivity index (χ2n) is 7.39. The number of aryl methyl sites for hydroxylation is 1. The van der Waals surface area contributed by atoms with E-state index in [-0.39, 0.29) is 23.3 Å². The molecule has 2 atom stereocenters. The van der Waals surface area contributed by atoms with E-state index in [0.717, 1.165) is 35.0 Å². The van der Waals surface area contributed by atoms with Crippen LogP contribution in [0, 0.1) is 5.92 Å². The lowest BCUT2D eigenvalue weighted by molar-refractivity contribution is -0.119. The van der Waals surface area contributed by atoms with Crippen molar-refractivity contribution in [3.05, 3.63) is 56.7 Å². The van der Waals surface area contributed by atoms with Crippen LogP contribution >= 0.6 is 23.1 Å². The molecule has 2 N–H and O–H groups in total. The molecule has 0 bridgehead atoms. The fourth-order valence-corrected chi connectivity index (χ4v) is 5.75. The lowest BCUT2D eigenvalue weighted by atomic mass is 9.89. The van der Waals surface area contributed by atoms with Crippen molar-refractivity contribution < 1.29 is 4.79 Å². The lowest BCUT2D eigenvalue weighted by Gasteiger charge is -2.17. The quantitative estimate of drug-likeness (QED) is 0.488. The topological polar surface area (TPSA) is 74.8 Å². The van der Waals surface area contributed by atoms with E-state index in [9.17, 15) is 9.59 Å². The Bertz CT molecular complexity index is 1060. The molecule has 0 unspecified atom stereocenters. The molecule has 0 radical (unpaired) electrons. The van der Waals surface area contributed by atoms with Crippen molar-refractivity contribution >= 4 is 39.2 Å². The Morgan fingerprint density at radius 2 is 2.18 bits per heavy atom. The van der Waals surface area contributed by atoms with E-state index in [2.05, 4.69) is 22.2 Å². The van der Waals surface area contributed by atoms with Gasteiger partial charge in [0, 0.05) is 4.88 Å². The van der Waals surface area contributed by atoms with Crippen LogP contribution in [0.3, 0.4) is 0 Å². The van der Waals surface area contributed by atoms with Crippen LogP contribution < -0.4 is 10.9 Å². The summed E-state index contributed by atoms with van der Waals surface area (Å²) < 4.78 is 0. The number of carbonyl (C=O) groups excluding carboxylic acids is 1.